The van der Waals surface area contributed by atoms with Crippen LogP contribution in [0.3, 0.4) is 0 Å². The number of fused-ring (bicyclic) bond motifs is 3. The smallest absolute Gasteiger partial charge is 0.0462 e. The van der Waals surface area contributed by atoms with E-state index in [1.807, 2.05) is 0 Å². The highest BCUT2D eigenvalue weighted by molar-refractivity contribution is 5.86. The average molecular weight is 978 g/mol. The van der Waals surface area contributed by atoms with E-state index in [-0.39, 0.29) is 16.2 Å². The van der Waals surface area contributed by atoms with Crippen LogP contribution in [0.5, 0.6) is 0 Å². The number of aryl methyl sites for hydroxylation is 4. The van der Waals surface area contributed by atoms with E-state index in [0.717, 1.165) is 49.2 Å². The molecule has 11 rings (SSSR count). The van der Waals surface area contributed by atoms with Gasteiger partial charge in [-0.3, -0.25) is 0 Å². The predicted molar refractivity (Wildman–Crippen MR) is 320 cm³/mol. The van der Waals surface area contributed by atoms with Crippen LogP contribution in [-0.4, -0.2) is 0 Å². The minimum Gasteiger partial charge on any atom is -0.311 e. The van der Waals surface area contributed by atoms with Crippen molar-refractivity contribution in [2.24, 2.45) is 0 Å². The Labute approximate surface area is 449 Å². The van der Waals surface area contributed by atoms with E-state index in [1.165, 1.54) is 111 Å². The molecule has 2 aliphatic rings. The lowest BCUT2D eigenvalue weighted by Gasteiger charge is -2.40. The highest BCUT2D eigenvalue weighted by Gasteiger charge is 2.47. The molecule has 0 bridgehead atoms. The third-order valence-corrected chi connectivity index (χ3v) is 17.2. The molecular weight excluding hydrogens is 903 g/mol. The summed E-state index contributed by atoms with van der Waals surface area (Å²) in [6.07, 6.45) is 12.8. The third kappa shape index (κ3) is 10.2. The molecule has 1 atom stereocenters. The summed E-state index contributed by atoms with van der Waals surface area (Å²) in [5.74, 6) is 0. The number of nitrogens with zero attached hydrogens (tertiary/aromatic N) is 1. The van der Waals surface area contributed by atoms with Crippen molar-refractivity contribution in [1.29, 1.82) is 0 Å². The van der Waals surface area contributed by atoms with Crippen molar-refractivity contribution in [3.63, 3.8) is 0 Å². The zero-order chi connectivity index (χ0) is 51.6. The van der Waals surface area contributed by atoms with Crippen molar-refractivity contribution in [3.8, 4) is 33.4 Å². The Hall–Kier alpha value is -7.22. The van der Waals surface area contributed by atoms with Crippen LogP contribution < -0.4 is 4.90 Å². The monoisotopic (exact) mass is 978 g/mol. The first kappa shape index (κ1) is 50.0. The van der Waals surface area contributed by atoms with E-state index in [2.05, 4.69) is 259 Å². The molecule has 0 saturated heterocycles. The summed E-state index contributed by atoms with van der Waals surface area (Å²) in [5, 5.41) is 0. The van der Waals surface area contributed by atoms with Gasteiger partial charge >= 0.3 is 0 Å². The fourth-order valence-corrected chi connectivity index (χ4v) is 12.8. The first-order valence-electron chi connectivity index (χ1n) is 28.2. The summed E-state index contributed by atoms with van der Waals surface area (Å²) >= 11 is 0. The predicted octanol–water partition coefficient (Wildman–Crippen LogP) is 19.9. The Kier molecular flexibility index (Phi) is 14.1. The number of benzene rings is 9. The molecule has 0 heterocycles. The van der Waals surface area contributed by atoms with Crippen LogP contribution in [0.25, 0.3) is 33.4 Å². The van der Waals surface area contributed by atoms with Gasteiger partial charge in [-0.15, -0.1) is 0 Å². The molecule has 0 radical (unpaired) electrons. The fraction of sp³-hybridized carbons (Fsp3) is 0.270. The summed E-state index contributed by atoms with van der Waals surface area (Å²) in [7, 11) is 0. The van der Waals surface area contributed by atoms with E-state index in [0.29, 0.717) is 0 Å². The molecule has 2 aliphatic carbocycles. The van der Waals surface area contributed by atoms with Gasteiger partial charge in [-0.2, -0.15) is 0 Å². The average Bonchev–Trinajstić information content (AvgIpc) is 3.76. The number of unbranched alkanes of at least 4 members (excludes halogenated alkanes) is 2. The van der Waals surface area contributed by atoms with Crippen LogP contribution in [0.15, 0.2) is 212 Å². The number of rotatable bonds is 17. The first-order chi connectivity index (χ1) is 36.5. The molecule has 0 amide bonds. The molecule has 9 aromatic rings. The molecule has 0 saturated carbocycles. The maximum atomic E-state index is 2.60. The van der Waals surface area contributed by atoms with Gasteiger partial charge in [-0.1, -0.05) is 231 Å². The minimum atomic E-state index is -0.199. The van der Waals surface area contributed by atoms with Crippen molar-refractivity contribution in [1.82, 2.24) is 0 Å². The second-order valence-corrected chi connectivity index (χ2v) is 23.4. The second-order valence-electron chi connectivity index (χ2n) is 23.4. The molecule has 1 nitrogen and oxygen atoms in total. The second kappa shape index (κ2) is 21.2. The molecule has 75 heavy (non-hydrogen) atoms. The van der Waals surface area contributed by atoms with Crippen molar-refractivity contribution in [3.05, 3.63) is 268 Å². The normalized spacial score (nSPS) is 14.9. The van der Waals surface area contributed by atoms with Gasteiger partial charge in [-0.25, -0.2) is 0 Å². The standard InChI is InChI=1S/C74H75N/c1-7-8-15-50-74-51-16-21-68-69(49-48-67(71(68)74)66-47-36-60(52-70(66)74)59-32-28-56(29-33-59)25-23-54-19-13-10-14-20-54)73(5,6)62-39-45-65(46-40-62)75(64-43-37-61(38-44-64)72(2,3)4)63-41-34-58(35-42-63)57-30-26-55(27-31-57)24-22-53-17-11-9-12-18-53/h9-14,17-20,26-49,52H,7-8,15-16,21-25,50-51H2,1-6H3/t74-/m1/s1. The topological polar surface area (TPSA) is 3.24 Å². The summed E-state index contributed by atoms with van der Waals surface area (Å²) in [6.45, 7) is 14.2. The molecular formula is C74H75N. The quantitative estimate of drug-likeness (QED) is 0.0822. The molecule has 0 N–H and O–H groups in total. The van der Waals surface area contributed by atoms with Crippen LogP contribution in [0.1, 0.15) is 136 Å². The minimum absolute atomic E-state index is 0.0412. The number of anilines is 3. The van der Waals surface area contributed by atoms with Crippen molar-refractivity contribution >= 4 is 17.1 Å². The SMILES string of the molecule is CCCCC[C@]12CCCc3c(C(C)(C)c4ccc(N(c5ccc(-c6ccc(CCc7ccccc7)cc6)cc5)c5ccc(C(C)(C)C)cc5)cc4)ccc(c31)-c1ccc(-c3ccc(CCc4ccccc4)cc3)cc12. The van der Waals surface area contributed by atoms with E-state index in [1.54, 1.807) is 16.7 Å². The summed E-state index contributed by atoms with van der Waals surface area (Å²) in [6, 6.07) is 80.6. The molecule has 0 spiro atoms. The Morgan fingerprint density at radius 1 is 0.440 bits per heavy atom. The van der Waals surface area contributed by atoms with Gasteiger partial charge in [0.25, 0.3) is 0 Å². The Morgan fingerprint density at radius 2 is 0.893 bits per heavy atom. The lowest BCUT2D eigenvalue weighted by molar-refractivity contribution is 0.388. The van der Waals surface area contributed by atoms with Crippen molar-refractivity contribution in [2.75, 3.05) is 4.90 Å². The molecule has 0 fully saturated rings. The van der Waals surface area contributed by atoms with E-state index in [4.69, 9.17) is 0 Å². The molecule has 0 unspecified atom stereocenters. The lowest BCUT2D eigenvalue weighted by Crippen LogP contribution is -2.32. The van der Waals surface area contributed by atoms with Crippen LogP contribution in [0.2, 0.25) is 0 Å². The Bertz CT molecular complexity index is 3360. The molecule has 0 aliphatic heterocycles. The van der Waals surface area contributed by atoms with Gasteiger partial charge in [0, 0.05) is 27.9 Å². The Balaban J connectivity index is 0.885. The largest absolute Gasteiger partial charge is 0.311 e. The summed E-state index contributed by atoms with van der Waals surface area (Å²) in [5.41, 5.74) is 26.0. The van der Waals surface area contributed by atoms with Crippen molar-refractivity contribution in [2.45, 2.75) is 128 Å². The first-order valence-corrected chi connectivity index (χ1v) is 28.2. The molecule has 9 aromatic carbocycles. The summed E-state index contributed by atoms with van der Waals surface area (Å²) < 4.78 is 0. The zero-order valence-electron chi connectivity index (χ0n) is 45.4. The van der Waals surface area contributed by atoms with Crippen LogP contribution in [0, 0.1) is 0 Å². The van der Waals surface area contributed by atoms with E-state index in [9.17, 15) is 0 Å². The van der Waals surface area contributed by atoms with Gasteiger partial charge in [-0.05, 0) is 188 Å². The third-order valence-electron chi connectivity index (χ3n) is 17.2. The van der Waals surface area contributed by atoms with Gasteiger partial charge in [0.15, 0.2) is 0 Å². The van der Waals surface area contributed by atoms with E-state index >= 15 is 0 Å². The highest BCUT2D eigenvalue weighted by Crippen LogP contribution is 2.59. The van der Waals surface area contributed by atoms with Crippen LogP contribution >= 0.6 is 0 Å². The van der Waals surface area contributed by atoms with Crippen molar-refractivity contribution < 1.29 is 0 Å². The molecule has 376 valence electrons. The van der Waals surface area contributed by atoms with Gasteiger partial charge in [0.05, 0.1) is 0 Å². The van der Waals surface area contributed by atoms with Gasteiger partial charge < -0.3 is 4.90 Å². The van der Waals surface area contributed by atoms with Gasteiger partial charge in [0.1, 0.15) is 0 Å². The maximum absolute atomic E-state index is 2.60. The Morgan fingerprint density at radius 3 is 1.41 bits per heavy atom. The fourth-order valence-electron chi connectivity index (χ4n) is 12.8. The lowest BCUT2D eigenvalue weighted by atomic mass is 9.63. The van der Waals surface area contributed by atoms with E-state index < -0.39 is 0 Å². The summed E-state index contributed by atoms with van der Waals surface area (Å²) in [4.78, 5) is 2.43. The van der Waals surface area contributed by atoms with Gasteiger partial charge in [0.2, 0.25) is 0 Å². The number of hydrogen-bond acceptors (Lipinski definition) is 1. The highest BCUT2D eigenvalue weighted by atomic mass is 15.1. The van der Waals surface area contributed by atoms with Crippen LogP contribution in [0.4, 0.5) is 17.1 Å². The zero-order valence-corrected chi connectivity index (χ0v) is 45.4. The number of hydrogen-bond donors (Lipinski definition) is 0. The molecule has 0 aromatic heterocycles. The maximum Gasteiger partial charge on any atom is 0.0462 e. The van der Waals surface area contributed by atoms with Crippen LogP contribution in [-0.2, 0) is 48.3 Å². The molecule has 1 heteroatoms.